The predicted octanol–water partition coefficient (Wildman–Crippen LogP) is 4.59. The number of carbonyl (C=O) groups is 4. The molecule has 320 valence electrons. The van der Waals surface area contributed by atoms with E-state index in [4.69, 9.17) is 9.47 Å². The summed E-state index contributed by atoms with van der Waals surface area (Å²) in [4.78, 5) is 61.5. The smallest absolute Gasteiger partial charge is 0.324 e. The van der Waals surface area contributed by atoms with Gasteiger partial charge < -0.3 is 34.7 Å². The lowest BCUT2D eigenvalue weighted by atomic mass is 9.84. The number of benzene rings is 2. The maximum absolute atomic E-state index is 14.5. The van der Waals surface area contributed by atoms with Crippen LogP contribution in [0.4, 0.5) is 0 Å². The Kier molecular flexibility index (Phi) is 12.6. The Balaban J connectivity index is 1.33. The maximum atomic E-state index is 14.5. The van der Waals surface area contributed by atoms with Crippen LogP contribution in [-0.4, -0.2) is 107 Å². The molecule has 3 aliphatic heterocycles. The van der Waals surface area contributed by atoms with Crippen LogP contribution >= 0.6 is 0 Å². The van der Waals surface area contributed by atoms with Crippen LogP contribution in [0.1, 0.15) is 64.2 Å². The Morgan fingerprint density at radius 2 is 1.92 bits per heavy atom. The van der Waals surface area contributed by atoms with Crippen LogP contribution in [0.3, 0.4) is 0 Å². The van der Waals surface area contributed by atoms with Crippen LogP contribution in [0.15, 0.2) is 54.9 Å². The molecule has 2 aromatic carbocycles. The number of aromatic hydroxyl groups is 1. The highest BCUT2D eigenvalue weighted by atomic mass is 16.5. The van der Waals surface area contributed by atoms with Gasteiger partial charge in [-0.05, 0) is 90.3 Å². The second kappa shape index (κ2) is 17.7. The van der Waals surface area contributed by atoms with Gasteiger partial charge in [-0.25, -0.2) is 5.43 Å². The maximum Gasteiger partial charge on any atom is 0.324 e. The molecule has 2 saturated heterocycles. The van der Waals surface area contributed by atoms with Crippen molar-refractivity contribution in [2.75, 3.05) is 40.4 Å². The normalized spacial score (nSPS) is 21.0. The molecule has 0 unspecified atom stereocenters. The lowest BCUT2D eigenvalue weighted by Crippen LogP contribution is -2.61. The molecule has 14 heteroatoms. The van der Waals surface area contributed by atoms with E-state index in [0.29, 0.717) is 51.1 Å². The number of pyridine rings is 1. The van der Waals surface area contributed by atoms with Gasteiger partial charge in [0.2, 0.25) is 11.8 Å². The standard InChI is InChI=1S/C46H59N7O7/c1-8-52-40-12-11-29-20-33(40)34(41(52)35-22-47-14-13-30(35)25-59-7)21-46(4,5)26-60-45(58)37-10-9-15-53(50-37)44(57)38(18-28-16-31(29)19-32(54)17-28)49-42(55)36(27(2)3)24-51(6)43(56)39-23-48-39/h11-14,16-17,19-20,22,27,36-39,48,50,54H,8-10,15,18,21,23-26H2,1-7H3,(H,49,55)/t36-,37-,38-,39+/m0/s1. The Morgan fingerprint density at radius 3 is 2.63 bits per heavy atom. The van der Waals surface area contributed by atoms with Gasteiger partial charge in [-0.3, -0.25) is 29.2 Å². The molecule has 4 N–H and O–H groups in total. The van der Waals surface area contributed by atoms with Crippen molar-refractivity contribution in [2.24, 2.45) is 17.3 Å². The second-order valence-corrected chi connectivity index (χ2v) is 17.7. The number of fused-ring (bicyclic) bond motifs is 6. The molecular weight excluding hydrogens is 763 g/mol. The number of aromatic nitrogens is 2. The number of nitrogens with zero attached hydrogens (tertiary/aromatic N) is 4. The first-order valence-electron chi connectivity index (χ1n) is 21.1. The quantitative estimate of drug-likeness (QED) is 0.131. The van der Waals surface area contributed by atoms with Crippen molar-refractivity contribution in [3.8, 4) is 28.1 Å². The van der Waals surface area contributed by atoms with Crippen molar-refractivity contribution >= 4 is 34.6 Å². The summed E-state index contributed by atoms with van der Waals surface area (Å²) in [6, 6.07) is 11.5. The van der Waals surface area contributed by atoms with Gasteiger partial charge in [0, 0.05) is 81.0 Å². The van der Waals surface area contributed by atoms with Gasteiger partial charge in [-0.15, -0.1) is 0 Å². The Bertz CT molecular complexity index is 2260. The number of esters is 1. The Hall–Kier alpha value is -5.31. The number of nitrogens with one attached hydrogen (secondary N) is 3. The van der Waals surface area contributed by atoms with Gasteiger partial charge in [0.15, 0.2) is 0 Å². The van der Waals surface area contributed by atoms with Crippen molar-refractivity contribution in [1.29, 1.82) is 0 Å². The molecule has 14 nitrogen and oxygen atoms in total. The average Bonchev–Trinajstić information content (AvgIpc) is 4.04. The van der Waals surface area contributed by atoms with Crippen LogP contribution < -0.4 is 16.1 Å². The third-order valence-corrected chi connectivity index (χ3v) is 12.0. The van der Waals surface area contributed by atoms with Gasteiger partial charge in [0.05, 0.1) is 30.9 Å². The number of rotatable bonds is 10. The van der Waals surface area contributed by atoms with Crippen molar-refractivity contribution in [2.45, 2.75) is 91.6 Å². The fourth-order valence-corrected chi connectivity index (χ4v) is 8.69. The summed E-state index contributed by atoms with van der Waals surface area (Å²) in [5, 5.41) is 19.7. The molecular formula is C46H59N7O7. The number of likely N-dealkylation sites (N-methyl/N-ethyl adjacent to an activating group) is 1. The summed E-state index contributed by atoms with van der Waals surface area (Å²) in [5.41, 5.74) is 9.97. The van der Waals surface area contributed by atoms with E-state index in [1.807, 2.05) is 38.2 Å². The number of hydrogen-bond acceptors (Lipinski definition) is 10. The van der Waals surface area contributed by atoms with Gasteiger partial charge in [-0.2, -0.15) is 0 Å². The van der Waals surface area contributed by atoms with Crippen LogP contribution in [0.5, 0.6) is 5.75 Å². The van der Waals surface area contributed by atoms with Crippen molar-refractivity contribution in [1.82, 2.24) is 35.5 Å². The highest BCUT2D eigenvalue weighted by molar-refractivity contribution is 5.96. The topological polar surface area (TPSA) is 177 Å². The molecule has 4 atom stereocenters. The van der Waals surface area contributed by atoms with Gasteiger partial charge in [-0.1, -0.05) is 39.8 Å². The lowest BCUT2D eigenvalue weighted by Gasteiger charge is -2.36. The monoisotopic (exact) mass is 821 g/mol. The third kappa shape index (κ3) is 9.20. The molecule has 2 aromatic heterocycles. The highest BCUT2D eigenvalue weighted by Crippen LogP contribution is 2.41. The van der Waals surface area contributed by atoms with Crippen molar-refractivity contribution in [3.05, 3.63) is 71.5 Å². The first-order valence-corrected chi connectivity index (χ1v) is 21.1. The molecule has 6 bridgehead atoms. The number of cyclic esters (lactones) is 1. The minimum Gasteiger partial charge on any atom is -0.508 e. The van der Waals surface area contributed by atoms with Crippen LogP contribution in [-0.2, 0) is 54.6 Å². The van der Waals surface area contributed by atoms with E-state index in [1.54, 1.807) is 37.4 Å². The number of phenols is 1. The van der Waals surface area contributed by atoms with Gasteiger partial charge >= 0.3 is 5.97 Å². The number of ether oxygens (including phenoxy) is 2. The summed E-state index contributed by atoms with van der Waals surface area (Å²) in [5.74, 6) is -2.02. The second-order valence-electron chi connectivity index (χ2n) is 17.7. The average molecular weight is 822 g/mol. The Labute approximate surface area is 352 Å². The van der Waals surface area contributed by atoms with E-state index in [9.17, 15) is 24.3 Å². The third-order valence-electron chi connectivity index (χ3n) is 12.0. The fourth-order valence-electron chi connectivity index (χ4n) is 8.69. The molecule has 2 fully saturated rings. The molecule has 0 radical (unpaired) electrons. The summed E-state index contributed by atoms with van der Waals surface area (Å²) in [7, 11) is 3.37. The zero-order valence-electron chi connectivity index (χ0n) is 35.8. The van der Waals surface area contributed by atoms with Crippen molar-refractivity contribution < 1.29 is 33.8 Å². The van der Waals surface area contributed by atoms with Gasteiger partial charge in [0.1, 0.15) is 17.8 Å². The molecule has 5 heterocycles. The zero-order chi connectivity index (χ0) is 42.9. The molecule has 0 saturated carbocycles. The summed E-state index contributed by atoms with van der Waals surface area (Å²) < 4.78 is 14.0. The number of carbonyl (C=O) groups excluding carboxylic acids is 4. The number of methoxy groups -OCH3 is 1. The first kappa shape index (κ1) is 42.8. The number of hydrogen-bond donors (Lipinski definition) is 4. The SMILES string of the molecule is CCn1c(-c2cnccc2COC)c2c3cc(ccc31)-c1cc(O)cc(c1)C[C@H](NC(=O)[C@@H](CN(C)C(=O)[C@H]1CN1)C(C)C)C(=O)N1CCC[C@H](N1)C(=O)OCC(C)(C)C2. The molecule has 3 amide bonds. The largest absolute Gasteiger partial charge is 0.508 e. The molecule has 0 spiro atoms. The minimum atomic E-state index is -1.06. The van der Waals surface area contributed by atoms with Crippen molar-refractivity contribution in [3.63, 3.8) is 0 Å². The lowest BCUT2D eigenvalue weighted by molar-refractivity contribution is -0.155. The minimum absolute atomic E-state index is 0.0232. The number of amides is 3. The summed E-state index contributed by atoms with van der Waals surface area (Å²) in [6.45, 7) is 12.5. The van der Waals surface area contributed by atoms with E-state index < -0.39 is 35.3 Å². The molecule has 4 aromatic rings. The first-order chi connectivity index (χ1) is 28.7. The number of hydrazine groups is 1. The van der Waals surface area contributed by atoms with E-state index in [0.717, 1.165) is 44.4 Å². The number of aryl methyl sites for hydroxylation is 1. The van der Waals surface area contributed by atoms with Crippen LogP contribution in [0.2, 0.25) is 0 Å². The van der Waals surface area contributed by atoms with E-state index in [2.05, 4.69) is 58.5 Å². The summed E-state index contributed by atoms with van der Waals surface area (Å²) in [6.07, 6.45) is 5.31. The highest BCUT2D eigenvalue weighted by Gasteiger charge is 2.38. The van der Waals surface area contributed by atoms with E-state index >= 15 is 0 Å². The molecule has 60 heavy (non-hydrogen) atoms. The molecule has 3 aliphatic rings. The predicted molar refractivity (Wildman–Crippen MR) is 228 cm³/mol. The molecule has 0 aliphatic carbocycles. The summed E-state index contributed by atoms with van der Waals surface area (Å²) >= 11 is 0. The zero-order valence-corrected chi connectivity index (χ0v) is 35.8. The van der Waals surface area contributed by atoms with Crippen LogP contribution in [0.25, 0.3) is 33.3 Å². The Morgan fingerprint density at radius 1 is 1.13 bits per heavy atom. The fraction of sp³-hybridized carbons (Fsp3) is 0.500. The van der Waals surface area contributed by atoms with E-state index in [-0.39, 0.29) is 49.1 Å². The van der Waals surface area contributed by atoms with Gasteiger partial charge in [0.25, 0.3) is 5.91 Å². The van der Waals surface area contributed by atoms with Crippen LogP contribution in [0, 0.1) is 17.3 Å². The molecule has 7 rings (SSSR count). The van der Waals surface area contributed by atoms with E-state index in [1.165, 1.54) is 5.01 Å². The number of phenolic OH excluding ortho intramolecular Hbond substituents is 1.